The monoisotopic (exact) mass is 208 g/mol. The van der Waals surface area contributed by atoms with Crippen LogP contribution in [-0.2, 0) is 6.54 Å². The highest BCUT2D eigenvalue weighted by atomic mass is 35.5. The molecule has 0 aliphatic carbocycles. The second kappa shape index (κ2) is 3.75. The quantitative estimate of drug-likeness (QED) is 0.759. The predicted molar refractivity (Wildman–Crippen MR) is 53.9 cm³/mol. The fourth-order valence-electron chi connectivity index (χ4n) is 1.24. The first kappa shape index (κ1) is 9.15. The van der Waals surface area contributed by atoms with E-state index in [9.17, 15) is 0 Å². The standard InChI is InChI=1S/C9H9ClN4/c1-2-14-6-12-13-9(14)7-3-8(10)5-11-4-7/h3-6H,2H2,1H3. The molecule has 0 aliphatic rings. The first-order valence-corrected chi connectivity index (χ1v) is 4.67. The van der Waals surface area contributed by atoms with E-state index in [1.54, 1.807) is 18.7 Å². The van der Waals surface area contributed by atoms with Crippen molar-refractivity contribution in [3.63, 3.8) is 0 Å². The van der Waals surface area contributed by atoms with Crippen molar-refractivity contribution < 1.29 is 0 Å². The number of pyridine rings is 1. The van der Waals surface area contributed by atoms with Gasteiger partial charge in [0.05, 0.1) is 5.02 Å². The molecule has 5 heteroatoms. The third-order valence-electron chi connectivity index (χ3n) is 1.92. The fourth-order valence-corrected chi connectivity index (χ4v) is 1.42. The van der Waals surface area contributed by atoms with Crippen LogP contribution in [0.5, 0.6) is 0 Å². The van der Waals surface area contributed by atoms with Crippen molar-refractivity contribution in [2.24, 2.45) is 0 Å². The Morgan fingerprint density at radius 2 is 2.29 bits per heavy atom. The van der Waals surface area contributed by atoms with Crippen molar-refractivity contribution >= 4 is 11.6 Å². The molecule has 72 valence electrons. The molecule has 4 nitrogen and oxygen atoms in total. The summed E-state index contributed by atoms with van der Waals surface area (Å²) in [7, 11) is 0. The van der Waals surface area contributed by atoms with Crippen LogP contribution in [-0.4, -0.2) is 19.7 Å². The first-order chi connectivity index (χ1) is 6.81. The summed E-state index contributed by atoms with van der Waals surface area (Å²) >= 11 is 5.84. The second-order valence-corrected chi connectivity index (χ2v) is 3.27. The summed E-state index contributed by atoms with van der Waals surface area (Å²) in [5, 5.41) is 8.46. The zero-order chi connectivity index (χ0) is 9.97. The lowest BCUT2D eigenvalue weighted by molar-refractivity contribution is 0.766. The molecule has 0 spiro atoms. The minimum absolute atomic E-state index is 0.605. The van der Waals surface area contributed by atoms with Crippen LogP contribution in [0.4, 0.5) is 0 Å². The average molecular weight is 209 g/mol. The Labute approximate surface area is 86.6 Å². The molecule has 0 saturated carbocycles. The van der Waals surface area contributed by atoms with Crippen LogP contribution in [0.2, 0.25) is 5.02 Å². The Hall–Kier alpha value is -1.42. The fraction of sp³-hybridized carbons (Fsp3) is 0.222. The number of halogens is 1. The minimum Gasteiger partial charge on any atom is -0.314 e. The van der Waals surface area contributed by atoms with E-state index in [4.69, 9.17) is 11.6 Å². The second-order valence-electron chi connectivity index (χ2n) is 2.83. The normalized spacial score (nSPS) is 10.4. The zero-order valence-corrected chi connectivity index (χ0v) is 8.44. The number of hydrogen-bond acceptors (Lipinski definition) is 3. The molecule has 2 rings (SSSR count). The summed E-state index contributed by atoms with van der Waals surface area (Å²) in [6.45, 7) is 2.86. The summed E-state index contributed by atoms with van der Waals surface area (Å²) in [4.78, 5) is 4.00. The van der Waals surface area contributed by atoms with Crippen LogP contribution >= 0.6 is 11.6 Å². The summed E-state index contributed by atoms with van der Waals surface area (Å²) in [6.07, 6.45) is 5.01. The van der Waals surface area contributed by atoms with Crippen molar-refractivity contribution in [3.8, 4) is 11.4 Å². The van der Waals surface area contributed by atoms with E-state index in [2.05, 4.69) is 15.2 Å². The molecule has 0 aromatic carbocycles. The number of aryl methyl sites for hydroxylation is 1. The van der Waals surface area contributed by atoms with Gasteiger partial charge < -0.3 is 4.57 Å². The first-order valence-electron chi connectivity index (χ1n) is 4.30. The van der Waals surface area contributed by atoms with Crippen LogP contribution in [0.3, 0.4) is 0 Å². The number of hydrogen-bond donors (Lipinski definition) is 0. The molecule has 0 amide bonds. The molecule has 0 bridgehead atoms. The lowest BCUT2D eigenvalue weighted by Crippen LogP contribution is -1.96. The summed E-state index contributed by atoms with van der Waals surface area (Å²) in [5.41, 5.74) is 0.886. The molecule has 0 atom stereocenters. The Morgan fingerprint density at radius 1 is 1.43 bits per heavy atom. The number of aromatic nitrogens is 4. The maximum atomic E-state index is 5.84. The van der Waals surface area contributed by atoms with Gasteiger partial charge in [0.25, 0.3) is 0 Å². The van der Waals surface area contributed by atoms with E-state index in [1.165, 1.54) is 0 Å². The molecule has 2 aromatic rings. The van der Waals surface area contributed by atoms with Gasteiger partial charge in [-0.3, -0.25) is 4.98 Å². The SMILES string of the molecule is CCn1cnnc1-c1cncc(Cl)c1. The van der Waals surface area contributed by atoms with Crippen LogP contribution in [0.15, 0.2) is 24.8 Å². The van der Waals surface area contributed by atoms with Crippen molar-refractivity contribution in [3.05, 3.63) is 29.8 Å². The molecule has 2 heterocycles. The lowest BCUT2D eigenvalue weighted by Gasteiger charge is -2.02. The third kappa shape index (κ3) is 1.61. The zero-order valence-electron chi connectivity index (χ0n) is 7.68. The number of nitrogens with zero attached hydrogens (tertiary/aromatic N) is 4. The van der Waals surface area contributed by atoms with E-state index in [1.807, 2.05) is 17.6 Å². The van der Waals surface area contributed by atoms with Crippen molar-refractivity contribution in [1.29, 1.82) is 0 Å². The smallest absolute Gasteiger partial charge is 0.165 e. The molecule has 2 aromatic heterocycles. The van der Waals surface area contributed by atoms with Crippen molar-refractivity contribution in [2.45, 2.75) is 13.5 Å². The van der Waals surface area contributed by atoms with E-state index in [-0.39, 0.29) is 0 Å². The summed E-state index contributed by atoms with van der Waals surface area (Å²) in [5.74, 6) is 0.794. The Morgan fingerprint density at radius 3 is 3.00 bits per heavy atom. The average Bonchev–Trinajstić information content (AvgIpc) is 2.65. The molecule has 0 N–H and O–H groups in total. The van der Waals surface area contributed by atoms with Gasteiger partial charge in [0.2, 0.25) is 0 Å². The van der Waals surface area contributed by atoms with Gasteiger partial charge in [0.1, 0.15) is 6.33 Å². The topological polar surface area (TPSA) is 43.6 Å². The highest BCUT2D eigenvalue weighted by Gasteiger charge is 2.06. The largest absolute Gasteiger partial charge is 0.314 e. The van der Waals surface area contributed by atoms with Crippen LogP contribution in [0.25, 0.3) is 11.4 Å². The molecule has 0 radical (unpaired) electrons. The highest BCUT2D eigenvalue weighted by molar-refractivity contribution is 6.30. The predicted octanol–water partition coefficient (Wildman–Crippen LogP) is 2.01. The van der Waals surface area contributed by atoms with Crippen molar-refractivity contribution in [1.82, 2.24) is 19.7 Å². The summed E-state index contributed by atoms with van der Waals surface area (Å²) in [6, 6.07) is 1.82. The van der Waals surface area contributed by atoms with Gasteiger partial charge in [-0.05, 0) is 13.0 Å². The maximum Gasteiger partial charge on any atom is 0.165 e. The van der Waals surface area contributed by atoms with E-state index in [0.717, 1.165) is 17.9 Å². The molecule has 0 unspecified atom stereocenters. The van der Waals surface area contributed by atoms with Crippen LogP contribution < -0.4 is 0 Å². The van der Waals surface area contributed by atoms with Gasteiger partial charge in [-0.1, -0.05) is 11.6 Å². The molecule has 0 fully saturated rings. The van der Waals surface area contributed by atoms with Gasteiger partial charge in [-0.25, -0.2) is 0 Å². The third-order valence-corrected chi connectivity index (χ3v) is 2.13. The molecular weight excluding hydrogens is 200 g/mol. The van der Waals surface area contributed by atoms with Gasteiger partial charge in [0.15, 0.2) is 5.82 Å². The Balaban J connectivity index is 2.49. The van der Waals surface area contributed by atoms with E-state index < -0.39 is 0 Å². The van der Waals surface area contributed by atoms with Crippen LogP contribution in [0.1, 0.15) is 6.92 Å². The molecular formula is C9H9ClN4. The lowest BCUT2D eigenvalue weighted by atomic mass is 10.3. The highest BCUT2D eigenvalue weighted by Crippen LogP contribution is 2.18. The van der Waals surface area contributed by atoms with Gasteiger partial charge in [0, 0.05) is 24.5 Å². The molecule has 0 aliphatic heterocycles. The van der Waals surface area contributed by atoms with Gasteiger partial charge in [-0.2, -0.15) is 0 Å². The van der Waals surface area contributed by atoms with E-state index >= 15 is 0 Å². The summed E-state index contributed by atoms with van der Waals surface area (Å²) < 4.78 is 1.94. The number of rotatable bonds is 2. The van der Waals surface area contributed by atoms with Crippen LogP contribution in [0, 0.1) is 0 Å². The van der Waals surface area contributed by atoms with Gasteiger partial charge >= 0.3 is 0 Å². The van der Waals surface area contributed by atoms with Gasteiger partial charge in [-0.15, -0.1) is 10.2 Å². The van der Waals surface area contributed by atoms with Crippen molar-refractivity contribution in [2.75, 3.05) is 0 Å². The minimum atomic E-state index is 0.605. The molecule has 14 heavy (non-hydrogen) atoms. The van der Waals surface area contributed by atoms with E-state index in [0.29, 0.717) is 5.02 Å². The Kier molecular flexibility index (Phi) is 2.45. The Bertz CT molecular complexity index is 438. The maximum absolute atomic E-state index is 5.84. The molecule has 0 saturated heterocycles.